The van der Waals surface area contributed by atoms with Crippen LogP contribution in [-0.4, -0.2) is 35.5 Å². The van der Waals surface area contributed by atoms with Gasteiger partial charge in [-0.15, -0.1) is 0 Å². The number of rotatable bonds is 9. The van der Waals surface area contributed by atoms with Crippen LogP contribution < -0.4 is 15.5 Å². The molecule has 0 radical (unpaired) electrons. The van der Waals surface area contributed by atoms with Crippen LogP contribution in [0.2, 0.25) is 5.02 Å². The molecule has 0 bridgehead atoms. The predicted octanol–water partition coefficient (Wildman–Crippen LogP) is 4.26. The maximum atomic E-state index is 12.2. The number of amides is 1. The maximum Gasteiger partial charge on any atom is 0.220 e. The first-order chi connectivity index (χ1) is 14.1. The lowest BCUT2D eigenvalue weighted by Gasteiger charge is -2.32. The highest BCUT2D eigenvalue weighted by atomic mass is 35.5. The highest BCUT2D eigenvalue weighted by Gasteiger charge is 2.21. The maximum absolute atomic E-state index is 12.2. The fourth-order valence-electron chi connectivity index (χ4n) is 3.59. The number of hydrogen-bond acceptors (Lipinski definition) is 5. The summed E-state index contributed by atoms with van der Waals surface area (Å²) in [6.07, 6.45) is 6.37. The number of nitrogens with zero attached hydrogens (tertiary/aromatic N) is 3. The molecule has 0 spiro atoms. The van der Waals surface area contributed by atoms with Crippen LogP contribution in [0.25, 0.3) is 0 Å². The number of benzene rings is 1. The van der Waals surface area contributed by atoms with Gasteiger partial charge in [-0.1, -0.05) is 30.7 Å². The minimum Gasteiger partial charge on any atom is -0.370 e. The fourth-order valence-corrected chi connectivity index (χ4v) is 3.80. The Morgan fingerprint density at radius 1 is 1.24 bits per heavy atom. The smallest absolute Gasteiger partial charge is 0.220 e. The van der Waals surface area contributed by atoms with Gasteiger partial charge in [-0.25, -0.2) is 9.97 Å². The van der Waals surface area contributed by atoms with E-state index in [9.17, 15) is 4.79 Å². The molecule has 2 N–H and O–H groups in total. The monoisotopic (exact) mass is 415 g/mol. The average Bonchev–Trinajstić information content (AvgIpc) is 2.75. The molecular formula is C22H30ClN5O. The zero-order chi connectivity index (χ0) is 20.5. The Morgan fingerprint density at radius 2 is 2.07 bits per heavy atom. The van der Waals surface area contributed by atoms with Crippen molar-refractivity contribution >= 4 is 29.1 Å². The molecule has 1 fully saturated rings. The number of halogens is 1. The predicted molar refractivity (Wildman–Crippen MR) is 118 cm³/mol. The SMILES string of the molecule is CCCNc1cc(N2CCC(CCC(=O)NCc3cccc(Cl)c3)CC2)ncn1. The van der Waals surface area contributed by atoms with Crippen molar-refractivity contribution in [2.75, 3.05) is 29.9 Å². The molecule has 156 valence electrons. The Kier molecular flexibility index (Phi) is 8.11. The van der Waals surface area contributed by atoms with Crippen LogP contribution in [-0.2, 0) is 11.3 Å². The van der Waals surface area contributed by atoms with Gasteiger partial charge in [-0.05, 0) is 49.3 Å². The molecule has 1 amide bonds. The van der Waals surface area contributed by atoms with Crippen molar-refractivity contribution in [2.24, 2.45) is 5.92 Å². The summed E-state index contributed by atoms with van der Waals surface area (Å²) in [5.74, 6) is 2.56. The lowest BCUT2D eigenvalue weighted by Crippen LogP contribution is -2.34. The van der Waals surface area contributed by atoms with Crippen LogP contribution in [0.5, 0.6) is 0 Å². The van der Waals surface area contributed by atoms with Gasteiger partial charge in [0.15, 0.2) is 0 Å². The van der Waals surface area contributed by atoms with Crippen molar-refractivity contribution in [3.05, 3.63) is 47.2 Å². The van der Waals surface area contributed by atoms with Crippen molar-refractivity contribution in [1.29, 1.82) is 0 Å². The third-order valence-electron chi connectivity index (χ3n) is 5.31. The van der Waals surface area contributed by atoms with E-state index < -0.39 is 0 Å². The quantitative estimate of drug-likeness (QED) is 0.640. The second-order valence-electron chi connectivity index (χ2n) is 7.56. The number of carbonyl (C=O) groups excluding carboxylic acids is 1. The first-order valence-electron chi connectivity index (χ1n) is 10.5. The molecule has 1 aromatic carbocycles. The summed E-state index contributed by atoms with van der Waals surface area (Å²) in [5.41, 5.74) is 1.02. The third-order valence-corrected chi connectivity index (χ3v) is 5.54. The van der Waals surface area contributed by atoms with Gasteiger partial charge in [0.05, 0.1) is 0 Å². The molecule has 1 aliphatic rings. The van der Waals surface area contributed by atoms with Crippen LogP contribution in [0.4, 0.5) is 11.6 Å². The van der Waals surface area contributed by atoms with E-state index in [-0.39, 0.29) is 5.91 Å². The van der Waals surface area contributed by atoms with Gasteiger partial charge >= 0.3 is 0 Å². The molecule has 3 rings (SSSR count). The van der Waals surface area contributed by atoms with E-state index in [4.69, 9.17) is 11.6 Å². The van der Waals surface area contributed by atoms with E-state index >= 15 is 0 Å². The van der Waals surface area contributed by atoms with Crippen LogP contribution >= 0.6 is 11.6 Å². The number of aromatic nitrogens is 2. The van der Waals surface area contributed by atoms with Gasteiger partial charge in [0, 0.05) is 43.7 Å². The average molecular weight is 416 g/mol. The lowest BCUT2D eigenvalue weighted by atomic mass is 9.92. The summed E-state index contributed by atoms with van der Waals surface area (Å²) in [5, 5.41) is 7.00. The molecule has 1 aromatic heterocycles. The second-order valence-corrected chi connectivity index (χ2v) is 8.00. The first kappa shape index (κ1) is 21.4. The number of anilines is 2. The zero-order valence-electron chi connectivity index (χ0n) is 17.0. The third kappa shape index (κ3) is 6.89. The van der Waals surface area contributed by atoms with Gasteiger partial charge in [-0.3, -0.25) is 4.79 Å². The van der Waals surface area contributed by atoms with E-state index in [0.29, 0.717) is 23.9 Å². The number of carbonyl (C=O) groups is 1. The summed E-state index contributed by atoms with van der Waals surface area (Å²) in [6, 6.07) is 9.62. The molecule has 0 atom stereocenters. The lowest BCUT2D eigenvalue weighted by molar-refractivity contribution is -0.121. The van der Waals surface area contributed by atoms with E-state index in [1.54, 1.807) is 6.33 Å². The van der Waals surface area contributed by atoms with Gasteiger partial charge in [0.25, 0.3) is 0 Å². The molecule has 0 unspecified atom stereocenters. The van der Waals surface area contributed by atoms with Crippen molar-refractivity contribution < 1.29 is 4.79 Å². The Balaban J connectivity index is 1.38. The minimum atomic E-state index is 0.106. The summed E-state index contributed by atoms with van der Waals surface area (Å²) in [7, 11) is 0. The molecule has 29 heavy (non-hydrogen) atoms. The van der Waals surface area contributed by atoms with Crippen LogP contribution in [0, 0.1) is 5.92 Å². The molecule has 2 aromatic rings. The molecule has 6 nitrogen and oxygen atoms in total. The Hall–Kier alpha value is -2.34. The summed E-state index contributed by atoms with van der Waals surface area (Å²) in [6.45, 7) is 5.52. The standard InChI is InChI=1S/C22H30ClN5O/c1-2-10-24-20-14-21(27-16-26-20)28-11-8-17(9-12-28)6-7-22(29)25-15-18-4-3-5-19(23)13-18/h3-5,13-14,16-17H,2,6-12,15H2,1H3,(H,25,29)(H,24,26,27). The normalized spacial score (nSPS) is 14.6. The Labute approximate surface area is 178 Å². The van der Waals surface area contributed by atoms with Crippen LogP contribution in [0.15, 0.2) is 36.7 Å². The minimum absolute atomic E-state index is 0.106. The van der Waals surface area contributed by atoms with Gasteiger partial charge < -0.3 is 15.5 Å². The van der Waals surface area contributed by atoms with Gasteiger partial charge in [0.2, 0.25) is 5.91 Å². The van der Waals surface area contributed by atoms with E-state index in [0.717, 1.165) is 62.5 Å². The van der Waals surface area contributed by atoms with Crippen LogP contribution in [0.3, 0.4) is 0 Å². The molecular weight excluding hydrogens is 386 g/mol. The molecule has 1 aliphatic heterocycles. The highest BCUT2D eigenvalue weighted by molar-refractivity contribution is 6.30. The Bertz CT molecular complexity index is 792. The van der Waals surface area contributed by atoms with Gasteiger partial charge in [-0.2, -0.15) is 0 Å². The first-order valence-corrected chi connectivity index (χ1v) is 10.8. The van der Waals surface area contributed by atoms with E-state index in [1.165, 1.54) is 0 Å². The van der Waals surface area contributed by atoms with Crippen molar-refractivity contribution in [1.82, 2.24) is 15.3 Å². The van der Waals surface area contributed by atoms with Crippen molar-refractivity contribution in [3.8, 4) is 0 Å². The largest absolute Gasteiger partial charge is 0.370 e. The molecule has 0 aliphatic carbocycles. The van der Waals surface area contributed by atoms with Crippen molar-refractivity contribution in [2.45, 2.75) is 45.6 Å². The van der Waals surface area contributed by atoms with Crippen molar-refractivity contribution in [3.63, 3.8) is 0 Å². The highest BCUT2D eigenvalue weighted by Crippen LogP contribution is 2.25. The summed E-state index contributed by atoms with van der Waals surface area (Å²) >= 11 is 5.98. The fraction of sp³-hybridized carbons (Fsp3) is 0.500. The van der Waals surface area contributed by atoms with Gasteiger partial charge in [0.1, 0.15) is 18.0 Å². The summed E-state index contributed by atoms with van der Waals surface area (Å²) < 4.78 is 0. The van der Waals surface area contributed by atoms with Crippen LogP contribution in [0.1, 0.15) is 44.6 Å². The number of hydrogen-bond donors (Lipinski definition) is 2. The molecule has 2 heterocycles. The topological polar surface area (TPSA) is 70.2 Å². The van der Waals surface area contributed by atoms with E-state index in [1.807, 2.05) is 30.3 Å². The van der Waals surface area contributed by atoms with E-state index in [2.05, 4.69) is 32.4 Å². The number of piperidine rings is 1. The molecule has 0 saturated carbocycles. The molecule has 1 saturated heterocycles. The summed E-state index contributed by atoms with van der Waals surface area (Å²) in [4.78, 5) is 23.2. The zero-order valence-corrected chi connectivity index (χ0v) is 17.8. The Morgan fingerprint density at radius 3 is 2.83 bits per heavy atom. The molecule has 7 heteroatoms. The number of nitrogens with one attached hydrogen (secondary N) is 2. The second kappa shape index (κ2) is 11.0.